The molecule has 0 saturated carbocycles. The fourth-order valence-corrected chi connectivity index (χ4v) is 1.41. The van der Waals surface area contributed by atoms with E-state index < -0.39 is 0 Å². The minimum absolute atomic E-state index is 0.0637. The van der Waals surface area contributed by atoms with E-state index in [-0.39, 0.29) is 11.2 Å². The van der Waals surface area contributed by atoms with E-state index in [1.165, 1.54) is 7.11 Å². The molecule has 1 heterocycles. The second-order valence-electron chi connectivity index (χ2n) is 3.19. The van der Waals surface area contributed by atoms with Gasteiger partial charge in [0.15, 0.2) is 5.82 Å². The summed E-state index contributed by atoms with van der Waals surface area (Å²) in [5.41, 5.74) is 0. The standard InChI is InChI=1S/C8H14N4O2S/c1-12-7(9-10-11-12)5-6(15)3-4-8(13)14-2/h6,15H,3-5H2,1-2H3. The molecular formula is C8H14N4O2S. The fraction of sp³-hybridized carbons (Fsp3) is 0.750. The molecule has 0 bridgehead atoms. The summed E-state index contributed by atoms with van der Waals surface area (Å²) in [5.74, 6) is 0.546. The topological polar surface area (TPSA) is 69.9 Å². The van der Waals surface area contributed by atoms with E-state index in [2.05, 4.69) is 32.9 Å². The third kappa shape index (κ3) is 3.86. The van der Waals surface area contributed by atoms with Gasteiger partial charge in [-0.05, 0) is 16.8 Å². The smallest absolute Gasteiger partial charge is 0.305 e. The van der Waals surface area contributed by atoms with Gasteiger partial charge in [0.2, 0.25) is 0 Å². The second kappa shape index (κ2) is 5.69. The summed E-state index contributed by atoms with van der Waals surface area (Å²) in [6, 6.07) is 0. The fourth-order valence-electron chi connectivity index (χ4n) is 1.12. The molecule has 0 aliphatic carbocycles. The second-order valence-corrected chi connectivity index (χ2v) is 3.92. The summed E-state index contributed by atoms with van der Waals surface area (Å²) in [6.45, 7) is 0. The molecule has 0 saturated heterocycles. The van der Waals surface area contributed by atoms with Crippen molar-refractivity contribution in [2.45, 2.75) is 24.5 Å². The number of nitrogens with zero attached hydrogens (tertiary/aromatic N) is 4. The number of carbonyl (C=O) groups excluding carboxylic acids is 1. The molecule has 6 nitrogen and oxygen atoms in total. The van der Waals surface area contributed by atoms with E-state index in [1.807, 2.05) is 0 Å². The largest absolute Gasteiger partial charge is 0.469 e. The van der Waals surface area contributed by atoms with Gasteiger partial charge in [0, 0.05) is 25.1 Å². The number of thiol groups is 1. The van der Waals surface area contributed by atoms with E-state index in [9.17, 15) is 4.79 Å². The number of tetrazole rings is 1. The molecular weight excluding hydrogens is 216 g/mol. The van der Waals surface area contributed by atoms with Crippen molar-refractivity contribution in [2.75, 3.05) is 7.11 Å². The number of hydrogen-bond donors (Lipinski definition) is 1. The van der Waals surface area contributed by atoms with Crippen LogP contribution in [-0.2, 0) is 23.0 Å². The van der Waals surface area contributed by atoms with Gasteiger partial charge in [-0.15, -0.1) is 5.10 Å². The van der Waals surface area contributed by atoms with Crippen LogP contribution in [-0.4, -0.2) is 38.5 Å². The lowest BCUT2D eigenvalue weighted by Gasteiger charge is -2.07. The monoisotopic (exact) mass is 230 g/mol. The van der Waals surface area contributed by atoms with Crippen LogP contribution in [0.2, 0.25) is 0 Å². The molecule has 0 aliphatic rings. The Morgan fingerprint density at radius 1 is 1.67 bits per heavy atom. The summed E-state index contributed by atoms with van der Waals surface area (Å²) in [6.07, 6.45) is 1.67. The number of ether oxygens (including phenoxy) is 1. The maximum atomic E-state index is 10.9. The molecule has 0 aromatic carbocycles. The highest BCUT2D eigenvalue weighted by molar-refractivity contribution is 7.80. The lowest BCUT2D eigenvalue weighted by atomic mass is 10.2. The molecule has 15 heavy (non-hydrogen) atoms. The maximum absolute atomic E-state index is 10.9. The molecule has 1 rings (SSSR count). The molecule has 0 N–H and O–H groups in total. The minimum Gasteiger partial charge on any atom is -0.469 e. The van der Waals surface area contributed by atoms with Crippen molar-refractivity contribution in [3.63, 3.8) is 0 Å². The van der Waals surface area contributed by atoms with Crippen molar-refractivity contribution in [1.82, 2.24) is 20.2 Å². The highest BCUT2D eigenvalue weighted by atomic mass is 32.1. The molecule has 0 radical (unpaired) electrons. The van der Waals surface area contributed by atoms with Crippen molar-refractivity contribution in [3.8, 4) is 0 Å². The first-order valence-corrected chi connectivity index (χ1v) is 5.11. The van der Waals surface area contributed by atoms with Gasteiger partial charge >= 0.3 is 5.97 Å². The van der Waals surface area contributed by atoms with Crippen LogP contribution in [0.15, 0.2) is 0 Å². The van der Waals surface area contributed by atoms with Gasteiger partial charge in [0.1, 0.15) is 0 Å². The van der Waals surface area contributed by atoms with Crippen molar-refractivity contribution in [1.29, 1.82) is 0 Å². The lowest BCUT2D eigenvalue weighted by molar-refractivity contribution is -0.140. The first kappa shape index (κ1) is 12.0. The first-order chi connectivity index (χ1) is 7.13. The zero-order valence-corrected chi connectivity index (χ0v) is 9.65. The van der Waals surface area contributed by atoms with Gasteiger partial charge in [-0.1, -0.05) is 0 Å². The number of carbonyl (C=O) groups is 1. The quantitative estimate of drug-likeness (QED) is 0.569. The average molecular weight is 230 g/mol. The van der Waals surface area contributed by atoms with Gasteiger partial charge < -0.3 is 4.74 Å². The molecule has 7 heteroatoms. The Bertz CT molecular complexity index is 328. The molecule has 1 unspecified atom stereocenters. The number of aromatic nitrogens is 4. The average Bonchev–Trinajstić information content (AvgIpc) is 2.61. The van der Waals surface area contributed by atoms with E-state index in [1.54, 1.807) is 11.7 Å². The van der Waals surface area contributed by atoms with Gasteiger partial charge in [-0.3, -0.25) is 4.79 Å². The number of aryl methyl sites for hydroxylation is 1. The van der Waals surface area contributed by atoms with Crippen molar-refractivity contribution in [2.24, 2.45) is 7.05 Å². The van der Waals surface area contributed by atoms with E-state index >= 15 is 0 Å². The predicted octanol–water partition coefficient (Wildman–Crippen LogP) is 0.00420. The molecule has 0 spiro atoms. The van der Waals surface area contributed by atoms with E-state index in [0.717, 1.165) is 5.82 Å². The van der Waals surface area contributed by atoms with Crippen LogP contribution >= 0.6 is 12.6 Å². The Morgan fingerprint density at radius 2 is 2.40 bits per heavy atom. The van der Waals surface area contributed by atoms with Crippen molar-refractivity contribution >= 4 is 18.6 Å². The zero-order chi connectivity index (χ0) is 11.3. The Labute approximate surface area is 93.4 Å². The summed E-state index contributed by atoms with van der Waals surface area (Å²) < 4.78 is 6.14. The van der Waals surface area contributed by atoms with Gasteiger partial charge in [-0.2, -0.15) is 12.6 Å². The third-order valence-corrected chi connectivity index (χ3v) is 2.48. The van der Waals surface area contributed by atoms with Gasteiger partial charge in [-0.25, -0.2) is 4.68 Å². The summed E-state index contributed by atoms with van der Waals surface area (Å²) in [7, 11) is 3.15. The van der Waals surface area contributed by atoms with Crippen molar-refractivity contribution in [3.05, 3.63) is 5.82 Å². The highest BCUT2D eigenvalue weighted by Crippen LogP contribution is 2.10. The number of esters is 1. The molecule has 1 aromatic heterocycles. The van der Waals surface area contributed by atoms with Crippen LogP contribution < -0.4 is 0 Å². The van der Waals surface area contributed by atoms with Crippen LogP contribution in [0.5, 0.6) is 0 Å². The van der Waals surface area contributed by atoms with Crippen LogP contribution in [0.4, 0.5) is 0 Å². The van der Waals surface area contributed by atoms with Crippen LogP contribution in [0, 0.1) is 0 Å². The molecule has 0 fully saturated rings. The maximum Gasteiger partial charge on any atom is 0.305 e. The molecule has 1 atom stereocenters. The normalized spacial score (nSPS) is 12.5. The molecule has 0 aliphatic heterocycles. The SMILES string of the molecule is COC(=O)CCC(S)Cc1nnnn1C. The van der Waals surface area contributed by atoms with Gasteiger partial charge in [0.25, 0.3) is 0 Å². The number of rotatable bonds is 5. The van der Waals surface area contributed by atoms with E-state index in [4.69, 9.17) is 0 Å². The summed E-state index contributed by atoms with van der Waals surface area (Å²) in [5, 5.41) is 11.1. The van der Waals surface area contributed by atoms with Gasteiger partial charge in [0.05, 0.1) is 7.11 Å². The van der Waals surface area contributed by atoms with Crippen LogP contribution in [0.3, 0.4) is 0 Å². The Kier molecular flexibility index (Phi) is 4.54. The number of hydrogen-bond acceptors (Lipinski definition) is 6. The lowest BCUT2D eigenvalue weighted by Crippen LogP contribution is -2.11. The Balaban J connectivity index is 2.33. The first-order valence-electron chi connectivity index (χ1n) is 4.59. The Morgan fingerprint density at radius 3 is 2.93 bits per heavy atom. The third-order valence-electron chi connectivity index (χ3n) is 2.04. The Hall–Kier alpha value is -1.11. The van der Waals surface area contributed by atoms with Crippen LogP contribution in [0.25, 0.3) is 0 Å². The number of methoxy groups -OCH3 is 1. The molecule has 0 amide bonds. The van der Waals surface area contributed by atoms with E-state index in [0.29, 0.717) is 19.3 Å². The highest BCUT2D eigenvalue weighted by Gasteiger charge is 2.11. The zero-order valence-electron chi connectivity index (χ0n) is 8.75. The summed E-state index contributed by atoms with van der Waals surface area (Å²) >= 11 is 4.36. The minimum atomic E-state index is -0.217. The van der Waals surface area contributed by atoms with Crippen molar-refractivity contribution < 1.29 is 9.53 Å². The molecule has 1 aromatic rings. The molecule has 84 valence electrons. The summed E-state index contributed by atoms with van der Waals surface area (Å²) in [4.78, 5) is 10.9. The predicted molar refractivity (Wildman–Crippen MR) is 56.5 cm³/mol. The van der Waals surface area contributed by atoms with Crippen LogP contribution in [0.1, 0.15) is 18.7 Å².